The summed E-state index contributed by atoms with van der Waals surface area (Å²) in [4.78, 5) is 10.6. The van der Waals surface area contributed by atoms with E-state index in [0.717, 1.165) is 11.4 Å². The lowest BCUT2D eigenvalue weighted by atomic mass is 10.3. The van der Waals surface area contributed by atoms with Gasteiger partial charge in [-0.3, -0.25) is 14.8 Å². The van der Waals surface area contributed by atoms with Gasteiger partial charge in [0.1, 0.15) is 6.04 Å². The molecule has 0 aromatic carbocycles. The zero-order valence-corrected chi connectivity index (χ0v) is 9.67. The molecule has 15 heavy (non-hydrogen) atoms. The summed E-state index contributed by atoms with van der Waals surface area (Å²) < 4.78 is 1.65. The molecule has 0 amide bonds. The number of nitrogens with one attached hydrogen (secondary N) is 1. The second-order valence-electron chi connectivity index (χ2n) is 3.41. The number of carboxylic acid groups (broad SMARTS) is 1. The number of hydrogen-bond donors (Lipinski definition) is 2. The molecule has 0 radical (unpaired) electrons. The van der Waals surface area contributed by atoms with Crippen LogP contribution in [0.15, 0.2) is 0 Å². The number of rotatable bonds is 4. The van der Waals surface area contributed by atoms with Crippen molar-refractivity contribution >= 4 is 17.6 Å². The molecule has 0 unspecified atom stereocenters. The lowest BCUT2D eigenvalue weighted by molar-refractivity contribution is -0.139. The third kappa shape index (κ3) is 2.70. The molecule has 1 aromatic heterocycles. The lowest BCUT2D eigenvalue weighted by Gasteiger charge is -2.09. The minimum Gasteiger partial charge on any atom is -0.480 e. The van der Waals surface area contributed by atoms with Crippen LogP contribution in [0.1, 0.15) is 18.3 Å². The molecule has 0 saturated carbocycles. The number of nitrogens with zero attached hydrogens (tertiary/aromatic N) is 2. The first kappa shape index (κ1) is 12.0. The Morgan fingerprint density at radius 2 is 2.33 bits per heavy atom. The number of carbonyl (C=O) groups is 1. The number of carboxylic acids is 1. The minimum atomic E-state index is -0.884. The van der Waals surface area contributed by atoms with Gasteiger partial charge >= 0.3 is 5.97 Å². The molecule has 0 aliphatic heterocycles. The van der Waals surface area contributed by atoms with E-state index >= 15 is 0 Å². The zero-order chi connectivity index (χ0) is 11.6. The van der Waals surface area contributed by atoms with Crippen molar-refractivity contribution in [1.29, 1.82) is 0 Å². The van der Waals surface area contributed by atoms with E-state index in [-0.39, 0.29) is 0 Å². The molecule has 0 fully saturated rings. The summed E-state index contributed by atoms with van der Waals surface area (Å²) in [5, 5.41) is 16.3. The van der Waals surface area contributed by atoms with Gasteiger partial charge in [0, 0.05) is 13.6 Å². The van der Waals surface area contributed by atoms with Gasteiger partial charge in [-0.25, -0.2) is 0 Å². The highest BCUT2D eigenvalue weighted by Gasteiger charge is 2.14. The van der Waals surface area contributed by atoms with E-state index in [9.17, 15) is 4.79 Å². The van der Waals surface area contributed by atoms with Crippen molar-refractivity contribution in [2.24, 2.45) is 7.05 Å². The van der Waals surface area contributed by atoms with Gasteiger partial charge in [-0.15, -0.1) is 0 Å². The van der Waals surface area contributed by atoms with Crippen LogP contribution in [-0.4, -0.2) is 26.9 Å². The highest BCUT2D eigenvalue weighted by atomic mass is 35.5. The molecule has 0 saturated heterocycles. The Kier molecular flexibility index (Phi) is 3.71. The fourth-order valence-electron chi connectivity index (χ4n) is 1.21. The number of aromatic nitrogens is 2. The summed E-state index contributed by atoms with van der Waals surface area (Å²) in [6.45, 7) is 3.79. The predicted molar refractivity (Wildman–Crippen MR) is 56.9 cm³/mol. The summed E-state index contributed by atoms with van der Waals surface area (Å²) in [5.41, 5.74) is 1.54. The van der Waals surface area contributed by atoms with Crippen LogP contribution in [0.2, 0.25) is 5.02 Å². The van der Waals surface area contributed by atoms with E-state index in [1.54, 1.807) is 18.7 Å². The Bertz CT molecular complexity index is 376. The molecule has 1 heterocycles. The molecule has 0 spiro atoms. The van der Waals surface area contributed by atoms with E-state index in [0.29, 0.717) is 11.6 Å². The lowest BCUT2D eigenvalue weighted by Crippen LogP contribution is -2.33. The fraction of sp³-hybridized carbons (Fsp3) is 0.556. The highest BCUT2D eigenvalue weighted by molar-refractivity contribution is 6.31. The van der Waals surface area contributed by atoms with Crippen LogP contribution in [0, 0.1) is 6.92 Å². The predicted octanol–water partition coefficient (Wildman–Crippen LogP) is 0.945. The Labute approximate surface area is 93.0 Å². The molecule has 1 atom stereocenters. The fourth-order valence-corrected chi connectivity index (χ4v) is 1.44. The molecule has 0 bridgehead atoms. The van der Waals surface area contributed by atoms with Crippen molar-refractivity contribution in [2.45, 2.75) is 26.4 Å². The molecule has 84 valence electrons. The molecule has 0 aliphatic rings. The maximum atomic E-state index is 10.6. The molecule has 0 aliphatic carbocycles. The molecule has 5 nitrogen and oxygen atoms in total. The first-order chi connectivity index (χ1) is 6.93. The van der Waals surface area contributed by atoms with E-state index in [2.05, 4.69) is 10.4 Å². The van der Waals surface area contributed by atoms with Crippen LogP contribution in [-0.2, 0) is 18.4 Å². The largest absolute Gasteiger partial charge is 0.480 e. The van der Waals surface area contributed by atoms with E-state index in [1.165, 1.54) is 0 Å². The molecule has 1 aromatic rings. The van der Waals surface area contributed by atoms with Crippen LogP contribution in [0.3, 0.4) is 0 Å². The summed E-state index contributed by atoms with van der Waals surface area (Å²) in [6, 6.07) is -0.601. The van der Waals surface area contributed by atoms with Crippen LogP contribution in [0.4, 0.5) is 0 Å². The summed E-state index contributed by atoms with van der Waals surface area (Å²) >= 11 is 6.01. The van der Waals surface area contributed by atoms with Crippen molar-refractivity contribution in [3.05, 3.63) is 16.4 Å². The van der Waals surface area contributed by atoms with Crippen molar-refractivity contribution in [3.8, 4) is 0 Å². The maximum absolute atomic E-state index is 10.6. The van der Waals surface area contributed by atoms with Gasteiger partial charge in [0.2, 0.25) is 0 Å². The van der Waals surface area contributed by atoms with Crippen molar-refractivity contribution in [1.82, 2.24) is 15.1 Å². The maximum Gasteiger partial charge on any atom is 0.320 e. The number of hydrogen-bond acceptors (Lipinski definition) is 3. The van der Waals surface area contributed by atoms with Crippen molar-refractivity contribution in [3.63, 3.8) is 0 Å². The van der Waals surface area contributed by atoms with E-state index in [4.69, 9.17) is 16.7 Å². The molecule has 1 rings (SSSR count). The molecule has 2 N–H and O–H groups in total. The van der Waals surface area contributed by atoms with Crippen LogP contribution >= 0.6 is 11.6 Å². The zero-order valence-electron chi connectivity index (χ0n) is 8.91. The summed E-state index contributed by atoms with van der Waals surface area (Å²) in [7, 11) is 1.78. The second-order valence-corrected chi connectivity index (χ2v) is 3.79. The van der Waals surface area contributed by atoms with Gasteiger partial charge in [-0.1, -0.05) is 11.6 Å². The average molecular weight is 232 g/mol. The van der Waals surface area contributed by atoms with Crippen LogP contribution in [0.5, 0.6) is 0 Å². The SMILES string of the molecule is Cc1nn(C)c(CN[C@H](C)C(=O)O)c1Cl. The third-order valence-corrected chi connectivity index (χ3v) is 2.70. The van der Waals surface area contributed by atoms with E-state index in [1.807, 2.05) is 6.92 Å². The van der Waals surface area contributed by atoms with Gasteiger partial charge in [-0.05, 0) is 13.8 Å². The Balaban J connectivity index is 2.69. The monoisotopic (exact) mass is 231 g/mol. The van der Waals surface area contributed by atoms with Crippen LogP contribution in [0.25, 0.3) is 0 Å². The van der Waals surface area contributed by atoms with E-state index < -0.39 is 12.0 Å². The standard InChI is InChI=1S/C9H14ClN3O2/c1-5-8(10)7(13(3)12-5)4-11-6(2)9(14)15/h6,11H,4H2,1-3H3,(H,14,15)/t6-/m1/s1. The smallest absolute Gasteiger partial charge is 0.320 e. The van der Waals surface area contributed by atoms with Gasteiger partial charge in [0.15, 0.2) is 0 Å². The van der Waals surface area contributed by atoms with Crippen LogP contribution < -0.4 is 5.32 Å². The third-order valence-electron chi connectivity index (χ3n) is 2.21. The topological polar surface area (TPSA) is 67.2 Å². The quantitative estimate of drug-likeness (QED) is 0.810. The summed E-state index contributed by atoms with van der Waals surface area (Å²) in [5.74, 6) is -0.884. The minimum absolute atomic E-state index is 0.393. The Hall–Kier alpha value is -1.07. The number of halogens is 1. The van der Waals surface area contributed by atoms with Crippen molar-refractivity contribution < 1.29 is 9.90 Å². The Morgan fingerprint density at radius 1 is 1.73 bits per heavy atom. The van der Waals surface area contributed by atoms with Gasteiger partial charge < -0.3 is 5.11 Å². The second kappa shape index (κ2) is 4.63. The van der Waals surface area contributed by atoms with Gasteiger partial charge in [0.05, 0.1) is 16.4 Å². The normalized spacial score (nSPS) is 12.8. The first-order valence-electron chi connectivity index (χ1n) is 4.57. The molecular weight excluding hydrogens is 218 g/mol. The number of aryl methyl sites for hydroxylation is 2. The average Bonchev–Trinajstić information content (AvgIpc) is 2.38. The number of aliphatic carboxylic acids is 1. The first-order valence-corrected chi connectivity index (χ1v) is 4.95. The molecular formula is C9H14ClN3O2. The van der Waals surface area contributed by atoms with Gasteiger partial charge in [-0.2, -0.15) is 5.10 Å². The molecule has 6 heteroatoms. The van der Waals surface area contributed by atoms with Crippen molar-refractivity contribution in [2.75, 3.05) is 0 Å². The highest BCUT2D eigenvalue weighted by Crippen LogP contribution is 2.18. The summed E-state index contributed by atoms with van der Waals surface area (Å²) in [6.07, 6.45) is 0. The van der Waals surface area contributed by atoms with Gasteiger partial charge in [0.25, 0.3) is 0 Å². The Morgan fingerprint density at radius 3 is 2.73 bits per heavy atom.